The monoisotopic (exact) mass is 224 g/mol. The molecule has 0 aromatic rings. The molecule has 0 aliphatic rings. The summed E-state index contributed by atoms with van der Waals surface area (Å²) in [5.74, 6) is 0. The molecule has 0 rings (SSSR count). The van der Waals surface area contributed by atoms with Gasteiger partial charge in [0.15, 0.2) is 0 Å². The first-order chi connectivity index (χ1) is 7.14. The Bertz CT molecular complexity index is 139. The topological polar surface area (TPSA) is 99.4 Å². The second-order valence-electron chi connectivity index (χ2n) is 3.60. The number of rotatable bonds is 9. The Kier molecular flexibility index (Phi) is 7.85. The second-order valence-corrected chi connectivity index (χ2v) is 3.60. The summed E-state index contributed by atoms with van der Waals surface area (Å²) in [6.07, 6.45) is -0.747. The van der Waals surface area contributed by atoms with Crippen LogP contribution in [0.3, 0.4) is 0 Å². The maximum absolute atomic E-state index is 9.23. The first kappa shape index (κ1) is 14.8. The average Bonchev–Trinajstić information content (AvgIpc) is 2.25. The van der Waals surface area contributed by atoms with Gasteiger partial charge in [0.25, 0.3) is 0 Å². The van der Waals surface area contributed by atoms with E-state index in [1.807, 2.05) is 0 Å². The smallest absolute Gasteiger partial charge is 0.101 e. The van der Waals surface area contributed by atoms with E-state index in [1.54, 1.807) is 0 Å². The molecule has 4 N–H and O–H groups in total. The maximum Gasteiger partial charge on any atom is 0.101 e. The highest BCUT2D eigenvalue weighted by atomic mass is 16.5. The molecular formula is C9H20O6. The van der Waals surface area contributed by atoms with E-state index in [1.165, 1.54) is 7.11 Å². The van der Waals surface area contributed by atoms with Gasteiger partial charge in [-0.25, -0.2) is 0 Å². The lowest BCUT2D eigenvalue weighted by Crippen LogP contribution is -2.39. The zero-order chi connectivity index (χ0) is 11.7. The molecule has 0 aliphatic heterocycles. The first-order valence-electron chi connectivity index (χ1n) is 4.71. The molecule has 0 aromatic carbocycles. The number of aliphatic hydroxyl groups excluding tert-OH is 4. The molecular weight excluding hydrogens is 204 g/mol. The van der Waals surface area contributed by atoms with Gasteiger partial charge in [-0.05, 0) is 0 Å². The molecule has 0 heterocycles. The molecule has 15 heavy (non-hydrogen) atoms. The number of ether oxygens (including phenoxy) is 2. The van der Waals surface area contributed by atoms with Crippen LogP contribution in [0.25, 0.3) is 0 Å². The molecule has 0 radical (unpaired) electrons. The van der Waals surface area contributed by atoms with Crippen molar-refractivity contribution in [3.63, 3.8) is 0 Å². The molecule has 0 spiro atoms. The summed E-state index contributed by atoms with van der Waals surface area (Å²) in [7, 11) is 1.46. The summed E-state index contributed by atoms with van der Waals surface area (Å²) in [4.78, 5) is 0. The standard InChI is InChI=1S/C9H20O6/c1-14-2-8(13)3-15-7-9(4-10,5-11)6-12/h8,10-13H,2-7H2,1H3. The van der Waals surface area contributed by atoms with Crippen molar-refractivity contribution in [2.24, 2.45) is 5.41 Å². The van der Waals surface area contributed by atoms with E-state index >= 15 is 0 Å². The Morgan fingerprint density at radius 3 is 2.00 bits per heavy atom. The lowest BCUT2D eigenvalue weighted by molar-refractivity contribution is -0.0805. The minimum atomic E-state index is -1.05. The third-order valence-corrected chi connectivity index (χ3v) is 2.08. The molecule has 0 saturated heterocycles. The molecule has 1 atom stereocenters. The Labute approximate surface area is 89.1 Å². The van der Waals surface area contributed by atoms with Gasteiger partial charge in [-0.15, -0.1) is 0 Å². The number of hydrogen-bond acceptors (Lipinski definition) is 6. The molecule has 92 valence electrons. The molecule has 0 amide bonds. The Morgan fingerprint density at radius 2 is 1.60 bits per heavy atom. The van der Waals surface area contributed by atoms with E-state index in [0.29, 0.717) is 0 Å². The summed E-state index contributed by atoms with van der Waals surface area (Å²) in [6.45, 7) is -0.946. The fraction of sp³-hybridized carbons (Fsp3) is 1.00. The minimum absolute atomic E-state index is 0.0166. The fourth-order valence-electron chi connectivity index (χ4n) is 0.939. The molecule has 0 fully saturated rings. The van der Waals surface area contributed by atoms with Gasteiger partial charge in [0.05, 0.1) is 45.1 Å². The summed E-state index contributed by atoms with van der Waals surface area (Å²) in [6, 6.07) is 0. The Hall–Kier alpha value is -0.240. The zero-order valence-corrected chi connectivity index (χ0v) is 8.93. The molecule has 0 aromatic heterocycles. The SMILES string of the molecule is COCC(O)COCC(CO)(CO)CO. The van der Waals surface area contributed by atoms with Crippen LogP contribution in [0.4, 0.5) is 0 Å². The normalized spacial score (nSPS) is 14.2. The van der Waals surface area contributed by atoms with Gasteiger partial charge in [0.2, 0.25) is 0 Å². The van der Waals surface area contributed by atoms with Crippen LogP contribution in [0.15, 0.2) is 0 Å². The van der Waals surface area contributed by atoms with Crippen LogP contribution in [-0.4, -0.2) is 73.3 Å². The number of hydrogen-bond donors (Lipinski definition) is 4. The van der Waals surface area contributed by atoms with Crippen LogP contribution in [0.2, 0.25) is 0 Å². The van der Waals surface area contributed by atoms with Crippen molar-refractivity contribution in [2.75, 3.05) is 46.8 Å². The molecule has 0 saturated carbocycles. The van der Waals surface area contributed by atoms with E-state index in [-0.39, 0.29) is 39.6 Å². The summed E-state index contributed by atoms with van der Waals surface area (Å²) in [5.41, 5.74) is -1.05. The highest BCUT2D eigenvalue weighted by molar-refractivity contribution is 4.76. The average molecular weight is 224 g/mol. The number of methoxy groups -OCH3 is 1. The van der Waals surface area contributed by atoms with Crippen molar-refractivity contribution >= 4 is 0 Å². The van der Waals surface area contributed by atoms with Gasteiger partial charge >= 0.3 is 0 Å². The summed E-state index contributed by atoms with van der Waals surface area (Å²) < 4.78 is 9.76. The molecule has 6 nitrogen and oxygen atoms in total. The van der Waals surface area contributed by atoms with Crippen LogP contribution in [-0.2, 0) is 9.47 Å². The molecule has 1 unspecified atom stereocenters. The molecule has 0 bridgehead atoms. The maximum atomic E-state index is 9.23. The van der Waals surface area contributed by atoms with Gasteiger partial charge in [-0.3, -0.25) is 0 Å². The van der Waals surface area contributed by atoms with Gasteiger partial charge in [0, 0.05) is 7.11 Å². The number of aliphatic hydroxyl groups is 4. The van der Waals surface area contributed by atoms with Crippen LogP contribution >= 0.6 is 0 Å². The second kappa shape index (κ2) is 7.98. The lowest BCUT2D eigenvalue weighted by atomic mass is 9.93. The quantitative estimate of drug-likeness (QED) is 0.360. The van der Waals surface area contributed by atoms with Crippen molar-refractivity contribution in [2.45, 2.75) is 6.10 Å². The predicted molar refractivity (Wildman–Crippen MR) is 52.4 cm³/mol. The molecule has 0 aliphatic carbocycles. The fourth-order valence-corrected chi connectivity index (χ4v) is 0.939. The van der Waals surface area contributed by atoms with Gasteiger partial charge in [-0.2, -0.15) is 0 Å². The highest BCUT2D eigenvalue weighted by Crippen LogP contribution is 2.14. The van der Waals surface area contributed by atoms with Gasteiger partial charge in [0.1, 0.15) is 6.10 Å². The summed E-state index contributed by atoms with van der Waals surface area (Å²) in [5, 5.41) is 36.1. The van der Waals surface area contributed by atoms with Crippen LogP contribution in [0.5, 0.6) is 0 Å². The Balaban J connectivity index is 3.80. The lowest BCUT2D eigenvalue weighted by Gasteiger charge is -2.27. The van der Waals surface area contributed by atoms with E-state index in [2.05, 4.69) is 4.74 Å². The van der Waals surface area contributed by atoms with E-state index in [9.17, 15) is 5.11 Å². The zero-order valence-electron chi connectivity index (χ0n) is 8.93. The predicted octanol–water partition coefficient (Wildman–Crippen LogP) is -2.03. The minimum Gasteiger partial charge on any atom is -0.396 e. The van der Waals surface area contributed by atoms with E-state index < -0.39 is 11.5 Å². The summed E-state index contributed by atoms with van der Waals surface area (Å²) >= 11 is 0. The molecule has 6 heteroatoms. The van der Waals surface area contributed by atoms with E-state index in [0.717, 1.165) is 0 Å². The van der Waals surface area contributed by atoms with Crippen LogP contribution in [0.1, 0.15) is 0 Å². The Morgan fingerprint density at radius 1 is 1.07 bits per heavy atom. The van der Waals surface area contributed by atoms with Crippen molar-refractivity contribution in [3.8, 4) is 0 Å². The van der Waals surface area contributed by atoms with Crippen molar-refractivity contribution in [1.82, 2.24) is 0 Å². The highest BCUT2D eigenvalue weighted by Gasteiger charge is 2.28. The van der Waals surface area contributed by atoms with Crippen LogP contribution in [0, 0.1) is 5.41 Å². The third-order valence-electron chi connectivity index (χ3n) is 2.08. The largest absolute Gasteiger partial charge is 0.396 e. The van der Waals surface area contributed by atoms with Crippen molar-refractivity contribution in [3.05, 3.63) is 0 Å². The third kappa shape index (κ3) is 5.41. The van der Waals surface area contributed by atoms with E-state index in [4.69, 9.17) is 20.1 Å². The van der Waals surface area contributed by atoms with Gasteiger partial charge in [-0.1, -0.05) is 0 Å². The van der Waals surface area contributed by atoms with Crippen LogP contribution < -0.4 is 0 Å². The first-order valence-corrected chi connectivity index (χ1v) is 4.71. The van der Waals surface area contributed by atoms with Crippen molar-refractivity contribution in [1.29, 1.82) is 0 Å². The van der Waals surface area contributed by atoms with Crippen molar-refractivity contribution < 1.29 is 29.9 Å². The van der Waals surface area contributed by atoms with Gasteiger partial charge < -0.3 is 29.9 Å².